The Bertz CT molecular complexity index is 594. The summed E-state index contributed by atoms with van der Waals surface area (Å²) in [4.78, 5) is -0.189. The van der Waals surface area contributed by atoms with Gasteiger partial charge in [-0.05, 0) is 37.1 Å². The molecule has 0 bridgehead atoms. The van der Waals surface area contributed by atoms with Crippen LogP contribution in [0.25, 0.3) is 0 Å². The molecule has 2 aliphatic heterocycles. The molecule has 0 aliphatic carbocycles. The molecule has 0 radical (unpaired) electrons. The molecule has 0 saturated carbocycles. The van der Waals surface area contributed by atoms with Gasteiger partial charge in [-0.15, -0.1) is 0 Å². The van der Waals surface area contributed by atoms with Crippen molar-refractivity contribution in [2.24, 2.45) is 5.92 Å². The maximum Gasteiger partial charge on any atom is 0.243 e. The maximum absolute atomic E-state index is 13.2. The Kier molecular flexibility index (Phi) is 3.07. The highest BCUT2D eigenvalue weighted by Gasteiger charge is 2.41. The molecule has 2 heterocycles. The lowest BCUT2D eigenvalue weighted by Gasteiger charge is -2.17. The van der Waals surface area contributed by atoms with Crippen molar-refractivity contribution in [2.45, 2.75) is 17.4 Å². The third-order valence-corrected chi connectivity index (χ3v) is 5.69. The third kappa shape index (κ3) is 2.15. The molecule has 4 nitrogen and oxygen atoms in total. The normalized spacial score (nSPS) is 27.7. The Hall–Kier alpha value is -1.05. The van der Waals surface area contributed by atoms with E-state index in [1.165, 1.54) is 4.31 Å². The zero-order valence-corrected chi connectivity index (χ0v) is 11.0. The van der Waals surface area contributed by atoms with E-state index in [1.54, 1.807) is 0 Å². The highest BCUT2D eigenvalue weighted by Crippen LogP contribution is 2.29. The summed E-state index contributed by atoms with van der Waals surface area (Å²) in [6.45, 7) is 1.75. The summed E-state index contributed by atoms with van der Waals surface area (Å²) in [6, 6.07) is 2.87. The fourth-order valence-electron chi connectivity index (χ4n) is 2.79. The van der Waals surface area contributed by atoms with Gasteiger partial charge in [0.05, 0.1) is 4.90 Å². The largest absolute Gasteiger partial charge is 0.312 e. The van der Waals surface area contributed by atoms with Crippen LogP contribution in [0.4, 0.5) is 8.78 Å². The number of hydrogen-bond donors (Lipinski definition) is 1. The van der Waals surface area contributed by atoms with E-state index in [2.05, 4.69) is 5.32 Å². The van der Waals surface area contributed by atoms with Crippen LogP contribution in [0, 0.1) is 17.6 Å². The lowest BCUT2D eigenvalue weighted by atomic mass is 10.1. The van der Waals surface area contributed by atoms with Crippen LogP contribution in [0.5, 0.6) is 0 Å². The molecule has 0 unspecified atom stereocenters. The van der Waals surface area contributed by atoms with E-state index >= 15 is 0 Å². The molecule has 7 heteroatoms. The van der Waals surface area contributed by atoms with Gasteiger partial charge in [0, 0.05) is 19.1 Å². The molecule has 19 heavy (non-hydrogen) atoms. The van der Waals surface area contributed by atoms with Crippen molar-refractivity contribution in [1.82, 2.24) is 9.62 Å². The number of nitrogens with one attached hydrogen (secondary N) is 1. The highest BCUT2D eigenvalue weighted by molar-refractivity contribution is 7.89. The lowest BCUT2D eigenvalue weighted by molar-refractivity contribution is 0.446. The first-order chi connectivity index (χ1) is 8.98. The smallest absolute Gasteiger partial charge is 0.243 e. The molecule has 1 N–H and O–H groups in total. The SMILES string of the molecule is O=S(=O)(c1ccc(F)c(F)c1)N1C[C@@H]2CCN[C@@H]2C1. The van der Waals surface area contributed by atoms with Crippen LogP contribution in [0.2, 0.25) is 0 Å². The number of hydrogen-bond acceptors (Lipinski definition) is 3. The molecule has 104 valence electrons. The minimum atomic E-state index is -3.73. The summed E-state index contributed by atoms with van der Waals surface area (Å²) in [5.41, 5.74) is 0. The van der Waals surface area contributed by atoms with Gasteiger partial charge < -0.3 is 5.32 Å². The zero-order valence-electron chi connectivity index (χ0n) is 10.1. The van der Waals surface area contributed by atoms with Gasteiger partial charge in [-0.1, -0.05) is 0 Å². The molecule has 2 atom stereocenters. The summed E-state index contributed by atoms with van der Waals surface area (Å²) in [6.07, 6.45) is 0.953. The maximum atomic E-state index is 13.2. The van der Waals surface area contributed by atoms with Gasteiger partial charge in [0.15, 0.2) is 11.6 Å². The zero-order chi connectivity index (χ0) is 13.6. The van der Waals surface area contributed by atoms with Crippen LogP contribution in [-0.4, -0.2) is 38.4 Å². The van der Waals surface area contributed by atoms with E-state index in [1.807, 2.05) is 0 Å². The van der Waals surface area contributed by atoms with E-state index in [0.717, 1.165) is 31.2 Å². The molecule has 0 amide bonds. The Morgan fingerprint density at radius 2 is 2.00 bits per heavy atom. The molecule has 0 aromatic heterocycles. The van der Waals surface area contributed by atoms with Gasteiger partial charge >= 0.3 is 0 Å². The second kappa shape index (κ2) is 4.50. The number of halogens is 2. The molecule has 2 saturated heterocycles. The van der Waals surface area contributed by atoms with E-state index in [0.29, 0.717) is 19.0 Å². The first kappa shape index (κ1) is 13.0. The third-order valence-electron chi connectivity index (χ3n) is 3.86. The van der Waals surface area contributed by atoms with Crippen molar-refractivity contribution in [1.29, 1.82) is 0 Å². The average Bonchev–Trinajstić information content (AvgIpc) is 2.93. The van der Waals surface area contributed by atoms with Crippen LogP contribution < -0.4 is 5.32 Å². The highest BCUT2D eigenvalue weighted by atomic mass is 32.2. The molecule has 0 spiro atoms. The van der Waals surface area contributed by atoms with Gasteiger partial charge in [0.1, 0.15) is 0 Å². The number of nitrogens with zero attached hydrogens (tertiary/aromatic N) is 1. The second-order valence-electron chi connectivity index (χ2n) is 5.01. The monoisotopic (exact) mass is 288 g/mol. The molecule has 2 fully saturated rings. The molecule has 1 aromatic rings. The Morgan fingerprint density at radius 3 is 2.68 bits per heavy atom. The quantitative estimate of drug-likeness (QED) is 0.881. The number of benzene rings is 1. The standard InChI is InChI=1S/C12H14F2N2O2S/c13-10-2-1-9(5-11(10)14)19(17,18)16-6-8-3-4-15-12(8)7-16/h1-2,5,8,12,15H,3-4,6-7H2/t8-,12+/m0/s1. The fraction of sp³-hybridized carbons (Fsp3) is 0.500. The van der Waals surface area contributed by atoms with Gasteiger partial charge in [-0.25, -0.2) is 17.2 Å². The van der Waals surface area contributed by atoms with Crippen molar-refractivity contribution >= 4 is 10.0 Å². The molecular formula is C12H14F2N2O2S. The Morgan fingerprint density at radius 1 is 1.21 bits per heavy atom. The predicted octanol–water partition coefficient (Wildman–Crippen LogP) is 0.947. The molecule has 2 aliphatic rings. The number of sulfonamides is 1. The summed E-state index contributed by atoms with van der Waals surface area (Å²) in [5.74, 6) is -1.86. The van der Waals surface area contributed by atoms with Crippen LogP contribution in [0.3, 0.4) is 0 Å². The second-order valence-corrected chi connectivity index (χ2v) is 6.95. The van der Waals surface area contributed by atoms with Crippen LogP contribution in [-0.2, 0) is 10.0 Å². The molecule has 3 rings (SSSR count). The van der Waals surface area contributed by atoms with E-state index in [9.17, 15) is 17.2 Å². The minimum Gasteiger partial charge on any atom is -0.312 e. The van der Waals surface area contributed by atoms with E-state index < -0.39 is 21.7 Å². The summed E-state index contributed by atoms with van der Waals surface area (Å²) >= 11 is 0. The van der Waals surface area contributed by atoms with Crippen LogP contribution in [0.15, 0.2) is 23.1 Å². The molecular weight excluding hydrogens is 274 g/mol. The number of rotatable bonds is 2. The van der Waals surface area contributed by atoms with E-state index in [-0.39, 0.29) is 10.9 Å². The van der Waals surface area contributed by atoms with Crippen molar-refractivity contribution in [3.63, 3.8) is 0 Å². The molecule has 1 aromatic carbocycles. The summed E-state index contributed by atoms with van der Waals surface area (Å²) < 4.78 is 52.0. The lowest BCUT2D eigenvalue weighted by Crippen LogP contribution is -2.34. The average molecular weight is 288 g/mol. The van der Waals surface area contributed by atoms with Crippen molar-refractivity contribution < 1.29 is 17.2 Å². The van der Waals surface area contributed by atoms with Gasteiger partial charge in [0.25, 0.3) is 0 Å². The Balaban J connectivity index is 1.88. The van der Waals surface area contributed by atoms with Gasteiger partial charge in [0.2, 0.25) is 10.0 Å². The fourth-order valence-corrected chi connectivity index (χ4v) is 4.33. The first-order valence-electron chi connectivity index (χ1n) is 6.17. The Labute approximate surface area is 110 Å². The van der Waals surface area contributed by atoms with Crippen molar-refractivity contribution in [2.75, 3.05) is 19.6 Å². The summed E-state index contributed by atoms with van der Waals surface area (Å²) in [5, 5.41) is 3.25. The minimum absolute atomic E-state index is 0.181. The van der Waals surface area contributed by atoms with Crippen molar-refractivity contribution in [3.05, 3.63) is 29.8 Å². The van der Waals surface area contributed by atoms with Crippen LogP contribution >= 0.6 is 0 Å². The topological polar surface area (TPSA) is 49.4 Å². The van der Waals surface area contributed by atoms with Crippen molar-refractivity contribution in [3.8, 4) is 0 Å². The van der Waals surface area contributed by atoms with Gasteiger partial charge in [-0.2, -0.15) is 4.31 Å². The first-order valence-corrected chi connectivity index (χ1v) is 7.61. The number of fused-ring (bicyclic) bond motifs is 1. The summed E-state index contributed by atoms with van der Waals surface area (Å²) in [7, 11) is -3.73. The predicted molar refractivity (Wildman–Crippen MR) is 65.0 cm³/mol. The van der Waals surface area contributed by atoms with E-state index in [4.69, 9.17) is 0 Å². The van der Waals surface area contributed by atoms with Crippen LogP contribution in [0.1, 0.15) is 6.42 Å². The van der Waals surface area contributed by atoms with Gasteiger partial charge in [-0.3, -0.25) is 0 Å².